The number of nitrogens with zero attached hydrogens (tertiary/aromatic N) is 4. The molecule has 0 saturated carbocycles. The van der Waals surface area contributed by atoms with Crippen LogP contribution in [0, 0.1) is 17.8 Å². The van der Waals surface area contributed by atoms with Gasteiger partial charge in [0, 0.05) is 26.2 Å². The molecule has 0 aromatic heterocycles. The molecular formula is C56H99N19O10. The number of hydrogen-bond acceptors (Lipinski definition) is 14. The van der Waals surface area contributed by atoms with Crippen LogP contribution in [0.15, 0.2) is 45.3 Å². The van der Waals surface area contributed by atoms with E-state index >= 15 is 0 Å². The van der Waals surface area contributed by atoms with Gasteiger partial charge in [-0.2, -0.15) is 0 Å². The molecular weight excluding hydrogens is 1100 g/mol. The Morgan fingerprint density at radius 2 is 1.00 bits per heavy atom. The first kappa shape index (κ1) is 73.3. The molecule has 1 saturated heterocycles. The fourth-order valence-electron chi connectivity index (χ4n) is 9.51. The second-order valence-corrected chi connectivity index (χ2v) is 22.5. The number of rotatable bonds is 40. The SMILES string of the molecule is CC[C@H](C)[C@H](NC(=O)[C@H](CCCN=C(N)N)NC(=O)[C@H](CCCN=C(N)N)NC(=O)[C@H](CC(C)C)NC(=O)[C@@H](N)Cc1ccccc1)C(=O)N[C@@H](CCCN=C(N)N)C(=O)N1CCC[C@H]1C(=O)N[C@@H](CCCCN)C(=O)N[C@@H](CC(C)C)C(=O)O. The van der Waals surface area contributed by atoms with Crippen LogP contribution in [-0.4, -0.2) is 168 Å². The van der Waals surface area contributed by atoms with Crippen LogP contribution >= 0.6 is 0 Å². The first-order chi connectivity index (χ1) is 40.2. The van der Waals surface area contributed by atoms with E-state index in [0.29, 0.717) is 32.2 Å². The van der Waals surface area contributed by atoms with E-state index in [4.69, 9.17) is 45.9 Å². The van der Waals surface area contributed by atoms with Crippen molar-refractivity contribution in [2.75, 3.05) is 32.7 Å². The van der Waals surface area contributed by atoms with Crippen molar-refractivity contribution in [3.05, 3.63) is 35.9 Å². The van der Waals surface area contributed by atoms with Crippen LogP contribution in [0.4, 0.5) is 0 Å². The van der Waals surface area contributed by atoms with Crippen molar-refractivity contribution < 1.29 is 48.3 Å². The van der Waals surface area contributed by atoms with Gasteiger partial charge < -0.3 is 93.1 Å². The van der Waals surface area contributed by atoms with E-state index < -0.39 is 114 Å². The number of carboxylic acids is 1. The maximum Gasteiger partial charge on any atom is 0.326 e. The van der Waals surface area contributed by atoms with E-state index in [1.807, 2.05) is 58.0 Å². The molecule has 8 amide bonds. The first-order valence-corrected chi connectivity index (χ1v) is 29.5. The van der Waals surface area contributed by atoms with Gasteiger partial charge in [-0.15, -0.1) is 0 Å². The lowest BCUT2D eigenvalue weighted by molar-refractivity contribution is -0.144. The number of guanidine groups is 3. The Balaban J connectivity index is 2.53. The van der Waals surface area contributed by atoms with Crippen LogP contribution in [-0.2, 0) is 49.6 Å². The third-order valence-corrected chi connectivity index (χ3v) is 14.2. The van der Waals surface area contributed by atoms with Gasteiger partial charge in [0.25, 0.3) is 0 Å². The first-order valence-electron chi connectivity index (χ1n) is 29.5. The van der Waals surface area contributed by atoms with Crippen molar-refractivity contribution in [2.24, 2.45) is 78.6 Å². The van der Waals surface area contributed by atoms with Gasteiger partial charge in [0.1, 0.15) is 48.3 Å². The number of carboxylic acid groups (broad SMARTS) is 1. The summed E-state index contributed by atoms with van der Waals surface area (Å²) in [5, 5.41) is 29.0. The fourth-order valence-corrected chi connectivity index (χ4v) is 9.51. The van der Waals surface area contributed by atoms with Gasteiger partial charge in [0.2, 0.25) is 47.3 Å². The maximum absolute atomic E-state index is 14.7. The molecule has 1 aliphatic rings. The molecule has 0 radical (unpaired) electrons. The summed E-state index contributed by atoms with van der Waals surface area (Å²) < 4.78 is 0. The summed E-state index contributed by atoms with van der Waals surface area (Å²) in [6.45, 7) is 11.4. The summed E-state index contributed by atoms with van der Waals surface area (Å²) in [6.07, 6.45) is 2.96. The lowest BCUT2D eigenvalue weighted by Crippen LogP contribution is -2.61. The monoisotopic (exact) mass is 1200 g/mol. The normalized spacial score (nSPS) is 16.1. The zero-order chi connectivity index (χ0) is 63.8. The van der Waals surface area contributed by atoms with Gasteiger partial charge in [-0.1, -0.05) is 78.3 Å². The number of amides is 8. The fraction of sp³-hybridized carbons (Fsp3) is 0.679. The van der Waals surface area contributed by atoms with Crippen LogP contribution < -0.4 is 83.1 Å². The van der Waals surface area contributed by atoms with Gasteiger partial charge in [-0.3, -0.25) is 53.3 Å². The Morgan fingerprint density at radius 3 is 1.48 bits per heavy atom. The van der Waals surface area contributed by atoms with E-state index in [2.05, 4.69) is 52.2 Å². The quantitative estimate of drug-likeness (QED) is 0.0183. The van der Waals surface area contributed by atoms with Gasteiger partial charge in [0.05, 0.1) is 6.04 Å². The predicted molar refractivity (Wildman–Crippen MR) is 325 cm³/mol. The van der Waals surface area contributed by atoms with E-state index in [-0.39, 0.29) is 127 Å². The number of carbonyl (C=O) groups excluding carboxylic acids is 8. The number of nitrogens with two attached hydrogens (primary N) is 8. The third kappa shape index (κ3) is 28.1. The summed E-state index contributed by atoms with van der Waals surface area (Å²) in [6, 6.07) is -1.75. The molecule has 0 spiro atoms. The van der Waals surface area contributed by atoms with Crippen LogP contribution in [0.5, 0.6) is 0 Å². The zero-order valence-corrected chi connectivity index (χ0v) is 50.5. The highest BCUT2D eigenvalue weighted by atomic mass is 16.4. The number of aliphatic imine (C=N–C) groups is 3. The van der Waals surface area contributed by atoms with Crippen molar-refractivity contribution in [2.45, 2.75) is 192 Å². The summed E-state index contributed by atoms with van der Waals surface area (Å²) in [4.78, 5) is 139. The lowest BCUT2D eigenvalue weighted by Gasteiger charge is -2.32. The Morgan fingerprint density at radius 1 is 0.565 bits per heavy atom. The van der Waals surface area contributed by atoms with Crippen molar-refractivity contribution in [1.82, 2.24) is 42.1 Å². The maximum atomic E-state index is 14.7. The number of unbranched alkanes of at least 4 members (excludes halogenated alkanes) is 1. The standard InChI is InChI=1S/C56H99N19O10/c1-7-34(6)44(51(82)71-40(22-15-27-67-56(63)64)52(83)75-28-16-23-43(75)50(81)70-37(19-11-12-24-57)47(78)73-42(53(84)85)30-33(4)5)74-48(79)39(21-14-26-66-55(61)62)68-46(77)38(20-13-25-65-54(59)60)69-49(80)41(29-32(2)3)72-45(76)36(58)31-35-17-9-8-10-18-35/h8-10,17-18,32-34,36-44H,7,11-16,19-31,57-58H2,1-6H3,(H,68,77)(H,69,80)(H,70,81)(H,71,82)(H,72,76)(H,73,78)(H,74,79)(H,84,85)(H4,59,60,65)(H4,61,62,66)(H4,63,64,67)/t34-,36-,37-,38-,39-,40-,41-,42-,43-,44-/m0/s1. The van der Waals surface area contributed by atoms with Crippen LogP contribution in [0.25, 0.3) is 0 Å². The van der Waals surface area contributed by atoms with Crippen molar-refractivity contribution in [1.29, 1.82) is 0 Å². The topological polar surface area (TPSA) is 507 Å². The smallest absolute Gasteiger partial charge is 0.326 e. The van der Waals surface area contributed by atoms with Crippen LogP contribution in [0.1, 0.15) is 137 Å². The Labute approximate surface area is 499 Å². The van der Waals surface area contributed by atoms with Crippen LogP contribution in [0.3, 0.4) is 0 Å². The van der Waals surface area contributed by atoms with E-state index in [0.717, 1.165) is 5.56 Å². The molecule has 1 aromatic carbocycles. The molecule has 1 aliphatic heterocycles. The van der Waals surface area contributed by atoms with E-state index in [1.54, 1.807) is 13.8 Å². The predicted octanol–water partition coefficient (Wildman–Crippen LogP) is -2.55. The molecule has 10 atom stereocenters. The van der Waals surface area contributed by atoms with Gasteiger partial charge >= 0.3 is 5.97 Å². The third-order valence-electron chi connectivity index (χ3n) is 14.2. The largest absolute Gasteiger partial charge is 0.480 e. The minimum Gasteiger partial charge on any atom is -0.480 e. The highest BCUT2D eigenvalue weighted by Gasteiger charge is 2.41. The summed E-state index contributed by atoms with van der Waals surface area (Å²) in [5.74, 6) is -8.24. The molecule has 0 unspecified atom stereocenters. The molecule has 478 valence electrons. The van der Waals surface area contributed by atoms with Gasteiger partial charge in [-0.25, -0.2) is 4.79 Å². The number of aliphatic carboxylic acids is 1. The van der Waals surface area contributed by atoms with Crippen molar-refractivity contribution >= 4 is 71.1 Å². The Bertz CT molecular complexity index is 2400. The number of benzene rings is 1. The number of carbonyl (C=O) groups is 9. The second-order valence-electron chi connectivity index (χ2n) is 22.5. The minimum atomic E-state index is -1.37. The highest BCUT2D eigenvalue weighted by Crippen LogP contribution is 2.22. The second kappa shape index (κ2) is 38.9. The molecule has 85 heavy (non-hydrogen) atoms. The lowest BCUT2D eigenvalue weighted by atomic mass is 9.96. The highest BCUT2D eigenvalue weighted by molar-refractivity contribution is 5.98. The summed E-state index contributed by atoms with van der Waals surface area (Å²) in [5.41, 5.74) is 46.3. The van der Waals surface area contributed by atoms with E-state index in [1.165, 1.54) is 4.90 Å². The molecule has 24 N–H and O–H groups in total. The van der Waals surface area contributed by atoms with Gasteiger partial charge in [-0.05, 0) is 120 Å². The molecule has 29 heteroatoms. The van der Waals surface area contributed by atoms with Crippen LogP contribution in [0.2, 0.25) is 0 Å². The van der Waals surface area contributed by atoms with Crippen molar-refractivity contribution in [3.63, 3.8) is 0 Å². The molecule has 1 heterocycles. The Hall–Kier alpha value is -7.82. The van der Waals surface area contributed by atoms with Crippen molar-refractivity contribution in [3.8, 4) is 0 Å². The molecule has 29 nitrogen and oxygen atoms in total. The van der Waals surface area contributed by atoms with Gasteiger partial charge in [0.15, 0.2) is 17.9 Å². The summed E-state index contributed by atoms with van der Waals surface area (Å²) in [7, 11) is 0. The van der Waals surface area contributed by atoms with E-state index in [9.17, 15) is 48.3 Å². The number of nitrogens with one attached hydrogen (secondary N) is 7. The number of hydrogen-bond donors (Lipinski definition) is 16. The molecule has 2 rings (SSSR count). The molecule has 1 aromatic rings. The Kier molecular flexibility index (Phi) is 33.6. The molecule has 0 aliphatic carbocycles. The summed E-state index contributed by atoms with van der Waals surface area (Å²) >= 11 is 0. The minimum absolute atomic E-state index is 0.0219. The average molecular weight is 1200 g/mol. The average Bonchev–Trinajstić information content (AvgIpc) is 3.50. The molecule has 0 bridgehead atoms. The number of likely N-dealkylation sites (tertiary alicyclic amines) is 1. The zero-order valence-electron chi connectivity index (χ0n) is 50.5. The molecule has 1 fully saturated rings.